The van der Waals surface area contributed by atoms with Gasteiger partial charge < -0.3 is 0 Å². The summed E-state index contributed by atoms with van der Waals surface area (Å²) in [6.45, 7) is 12.1. The predicted octanol–water partition coefficient (Wildman–Crippen LogP) is 2.57. The summed E-state index contributed by atoms with van der Waals surface area (Å²) in [6, 6.07) is 0. The van der Waals surface area contributed by atoms with E-state index in [1.807, 2.05) is 0 Å². The van der Waals surface area contributed by atoms with E-state index in [2.05, 4.69) is 44.4 Å². The molecule has 2 aliphatic rings. The summed E-state index contributed by atoms with van der Waals surface area (Å²) in [4.78, 5) is 2.66. The number of nitrogens with zero attached hydrogens (tertiary/aromatic N) is 1. The van der Waals surface area contributed by atoms with E-state index in [0.717, 1.165) is 5.37 Å². The van der Waals surface area contributed by atoms with E-state index in [1.54, 1.807) is 0 Å². The molecule has 0 N–H and O–H groups in total. The van der Waals surface area contributed by atoms with E-state index in [0.29, 0.717) is 10.2 Å². The summed E-state index contributed by atoms with van der Waals surface area (Å²) < 4.78 is 0.501. The summed E-state index contributed by atoms with van der Waals surface area (Å²) in [5.74, 6) is 0. The van der Waals surface area contributed by atoms with Gasteiger partial charge in [0.15, 0.2) is 0 Å². The monoisotopic (exact) mass is 185 g/mol. The lowest BCUT2D eigenvalue weighted by atomic mass is 9.93. The average Bonchev–Trinajstić information content (AvgIpc) is 2.12. The number of fused-ring (bicyclic) bond motifs is 1. The summed E-state index contributed by atoms with van der Waals surface area (Å²) in [5, 5.41) is 0.815. The zero-order valence-electron chi connectivity index (χ0n) is 8.55. The first-order valence-electron chi connectivity index (χ1n) is 4.80. The van der Waals surface area contributed by atoms with Crippen LogP contribution in [0.25, 0.3) is 0 Å². The first-order valence-corrected chi connectivity index (χ1v) is 5.68. The minimum Gasteiger partial charge on any atom is -0.290 e. The van der Waals surface area contributed by atoms with Crippen LogP contribution >= 0.6 is 11.8 Å². The van der Waals surface area contributed by atoms with Crippen molar-refractivity contribution >= 4 is 11.8 Å². The van der Waals surface area contributed by atoms with Gasteiger partial charge in [-0.1, -0.05) is 13.8 Å². The Bertz CT molecular complexity index is 160. The summed E-state index contributed by atoms with van der Waals surface area (Å²) in [7, 11) is 0. The molecule has 2 heterocycles. The third-order valence-corrected chi connectivity index (χ3v) is 4.31. The number of thioether (sulfide) groups is 1. The molecule has 1 atom stereocenters. The highest BCUT2D eigenvalue weighted by atomic mass is 32.2. The van der Waals surface area contributed by atoms with E-state index in [1.165, 1.54) is 19.5 Å². The molecule has 0 saturated carbocycles. The predicted molar refractivity (Wildman–Crippen MR) is 55.4 cm³/mol. The van der Waals surface area contributed by atoms with Crippen LogP contribution in [-0.4, -0.2) is 28.1 Å². The molecule has 70 valence electrons. The van der Waals surface area contributed by atoms with E-state index in [4.69, 9.17) is 0 Å². The molecule has 12 heavy (non-hydrogen) atoms. The van der Waals surface area contributed by atoms with Crippen LogP contribution in [-0.2, 0) is 0 Å². The Kier molecular flexibility index (Phi) is 1.79. The zero-order valence-corrected chi connectivity index (χ0v) is 9.37. The lowest BCUT2D eigenvalue weighted by Gasteiger charge is -2.22. The van der Waals surface area contributed by atoms with Crippen LogP contribution in [0, 0.1) is 5.41 Å². The Morgan fingerprint density at radius 3 is 2.42 bits per heavy atom. The Morgan fingerprint density at radius 2 is 1.83 bits per heavy atom. The molecular weight excluding hydrogens is 166 g/mol. The highest BCUT2D eigenvalue weighted by Gasteiger charge is 2.46. The van der Waals surface area contributed by atoms with Crippen molar-refractivity contribution < 1.29 is 0 Å². The molecule has 0 aromatic carbocycles. The topological polar surface area (TPSA) is 3.24 Å². The Hall–Kier alpha value is 0.310. The first-order chi connectivity index (χ1) is 5.38. The van der Waals surface area contributed by atoms with Crippen LogP contribution in [0.1, 0.15) is 34.1 Å². The van der Waals surface area contributed by atoms with Crippen LogP contribution in [0.4, 0.5) is 0 Å². The lowest BCUT2D eigenvalue weighted by molar-refractivity contribution is 0.281. The highest BCUT2D eigenvalue weighted by molar-refractivity contribution is 8.01. The van der Waals surface area contributed by atoms with Crippen LogP contribution in [0.5, 0.6) is 0 Å². The normalized spacial score (nSPS) is 38.5. The van der Waals surface area contributed by atoms with Crippen LogP contribution in [0.3, 0.4) is 0 Å². The van der Waals surface area contributed by atoms with E-state index < -0.39 is 0 Å². The van der Waals surface area contributed by atoms with Crippen molar-refractivity contribution in [3.63, 3.8) is 0 Å². The van der Waals surface area contributed by atoms with Crippen molar-refractivity contribution in [1.82, 2.24) is 4.90 Å². The van der Waals surface area contributed by atoms with Gasteiger partial charge >= 0.3 is 0 Å². The lowest BCUT2D eigenvalue weighted by Crippen LogP contribution is -2.29. The fraction of sp³-hybridized carbons (Fsp3) is 1.00. The van der Waals surface area contributed by atoms with Gasteiger partial charge in [-0.3, -0.25) is 4.90 Å². The largest absolute Gasteiger partial charge is 0.290 e. The van der Waals surface area contributed by atoms with Gasteiger partial charge in [-0.15, -0.1) is 11.8 Å². The molecule has 2 rings (SSSR count). The van der Waals surface area contributed by atoms with Gasteiger partial charge in [-0.25, -0.2) is 0 Å². The molecule has 0 spiro atoms. The molecule has 0 amide bonds. The first kappa shape index (κ1) is 8.89. The maximum absolute atomic E-state index is 2.66. The van der Waals surface area contributed by atoms with Crippen molar-refractivity contribution in [2.24, 2.45) is 5.41 Å². The summed E-state index contributed by atoms with van der Waals surface area (Å²) in [5.41, 5.74) is 0.564. The van der Waals surface area contributed by atoms with Gasteiger partial charge in [0.05, 0.1) is 5.37 Å². The van der Waals surface area contributed by atoms with Crippen LogP contribution < -0.4 is 0 Å². The maximum atomic E-state index is 2.66. The van der Waals surface area contributed by atoms with Crippen molar-refractivity contribution in [2.45, 2.75) is 44.2 Å². The van der Waals surface area contributed by atoms with Crippen LogP contribution in [0.15, 0.2) is 0 Å². The van der Waals surface area contributed by atoms with E-state index in [-0.39, 0.29) is 0 Å². The van der Waals surface area contributed by atoms with Gasteiger partial charge in [0, 0.05) is 17.8 Å². The van der Waals surface area contributed by atoms with Crippen molar-refractivity contribution in [3.8, 4) is 0 Å². The highest BCUT2D eigenvalue weighted by Crippen LogP contribution is 2.49. The molecule has 0 aromatic heterocycles. The number of hydrogen-bond donors (Lipinski definition) is 0. The van der Waals surface area contributed by atoms with E-state index >= 15 is 0 Å². The van der Waals surface area contributed by atoms with Crippen molar-refractivity contribution in [2.75, 3.05) is 13.1 Å². The van der Waals surface area contributed by atoms with Gasteiger partial charge in [0.2, 0.25) is 0 Å². The molecule has 2 fully saturated rings. The smallest absolute Gasteiger partial charge is 0.0569 e. The Balaban J connectivity index is 2.07. The van der Waals surface area contributed by atoms with Crippen molar-refractivity contribution in [1.29, 1.82) is 0 Å². The molecule has 0 aromatic rings. The van der Waals surface area contributed by atoms with Crippen molar-refractivity contribution in [3.05, 3.63) is 0 Å². The third-order valence-electron chi connectivity index (χ3n) is 2.80. The van der Waals surface area contributed by atoms with Gasteiger partial charge in [0.1, 0.15) is 0 Å². The van der Waals surface area contributed by atoms with Gasteiger partial charge in [-0.2, -0.15) is 0 Å². The molecule has 2 aliphatic heterocycles. The molecule has 0 unspecified atom stereocenters. The fourth-order valence-electron chi connectivity index (χ4n) is 2.49. The Morgan fingerprint density at radius 1 is 1.17 bits per heavy atom. The quantitative estimate of drug-likeness (QED) is 0.570. The minimum atomic E-state index is 0.501. The SMILES string of the molecule is CC1(C)C[C@H]2SC(C)(C)CN2C1. The van der Waals surface area contributed by atoms with E-state index in [9.17, 15) is 0 Å². The molecule has 0 radical (unpaired) electrons. The maximum Gasteiger partial charge on any atom is 0.0569 e. The third kappa shape index (κ3) is 1.51. The molecule has 0 bridgehead atoms. The van der Waals surface area contributed by atoms with Gasteiger partial charge in [0.25, 0.3) is 0 Å². The fourth-order valence-corrected chi connectivity index (χ4v) is 4.30. The molecular formula is C10H19NS. The molecule has 2 heteroatoms. The average molecular weight is 185 g/mol. The zero-order chi connectivity index (χ0) is 8.98. The van der Waals surface area contributed by atoms with Crippen LogP contribution in [0.2, 0.25) is 0 Å². The molecule has 0 aliphatic carbocycles. The van der Waals surface area contributed by atoms with Gasteiger partial charge in [-0.05, 0) is 25.7 Å². The second kappa shape index (κ2) is 2.42. The second-order valence-corrected chi connectivity index (χ2v) is 7.49. The molecule has 1 nitrogen and oxygen atoms in total. The summed E-state index contributed by atoms with van der Waals surface area (Å²) in [6.07, 6.45) is 1.38. The number of rotatable bonds is 0. The second-order valence-electron chi connectivity index (χ2n) is 5.61. The standard InChI is InChI=1S/C10H19NS/c1-9(2)5-8-11(6-9)7-10(3,4)12-8/h8H,5-7H2,1-4H3/t8-/m1/s1. The summed E-state index contributed by atoms with van der Waals surface area (Å²) >= 11 is 2.17. The minimum absolute atomic E-state index is 0.501. The Labute approximate surface area is 79.9 Å². The number of hydrogen-bond acceptors (Lipinski definition) is 2. The molecule has 2 saturated heterocycles.